The van der Waals surface area contributed by atoms with Crippen LogP contribution in [-0.4, -0.2) is 8.26 Å². The van der Waals surface area contributed by atoms with Gasteiger partial charge in [-0.25, -0.2) is 0 Å². The quantitative estimate of drug-likeness (QED) is 0.510. The molecule has 0 aromatic rings. The minimum Gasteiger partial charge on any atom is -0.105 e. The van der Waals surface area contributed by atoms with Crippen molar-refractivity contribution in [1.29, 1.82) is 0 Å². The molecule has 3 rings (SSSR count). The van der Waals surface area contributed by atoms with Crippen molar-refractivity contribution in [2.24, 2.45) is 5.41 Å². The second-order valence-corrected chi connectivity index (χ2v) is 6.73. The normalized spacial score (nSPS) is 54.7. The summed E-state index contributed by atoms with van der Waals surface area (Å²) in [7, 11) is 0. The molecule has 3 fully saturated rings. The molecule has 0 N–H and O–H groups in total. The first-order valence-electron chi connectivity index (χ1n) is 3.04. The van der Waals surface area contributed by atoms with Crippen LogP contribution in [-0.2, 0) is 0 Å². The van der Waals surface area contributed by atoms with E-state index in [4.69, 9.17) is 23.2 Å². The van der Waals surface area contributed by atoms with E-state index < -0.39 is 0 Å². The highest BCUT2D eigenvalue weighted by molar-refractivity contribution is 14.1. The van der Waals surface area contributed by atoms with Gasteiger partial charge in [0.2, 0.25) is 0 Å². The lowest BCUT2D eigenvalue weighted by Gasteiger charge is -2.68. The van der Waals surface area contributed by atoms with Crippen molar-refractivity contribution in [3.05, 3.63) is 0 Å². The molecule has 0 unspecified atom stereocenters. The monoisotopic (exact) mass is 276 g/mol. The average Bonchev–Trinajstić information content (AvgIpc) is 1.54. The molecule has 0 aromatic heterocycles. The minimum atomic E-state index is -0.117. The second kappa shape index (κ2) is 1.72. The molecule has 0 amide bonds. The van der Waals surface area contributed by atoms with Crippen molar-refractivity contribution in [2.45, 2.75) is 27.5 Å². The molecule has 0 radical (unpaired) electrons. The molecule has 3 heteroatoms. The van der Waals surface area contributed by atoms with E-state index in [0.717, 1.165) is 0 Å². The van der Waals surface area contributed by atoms with E-state index in [1.54, 1.807) is 0 Å². The van der Waals surface area contributed by atoms with E-state index in [9.17, 15) is 0 Å². The predicted octanol–water partition coefficient (Wildman–Crippen LogP) is 3.15. The molecule has 0 nitrogen and oxygen atoms in total. The van der Waals surface area contributed by atoms with Gasteiger partial charge in [0.05, 0.1) is 0 Å². The second-order valence-electron chi connectivity index (χ2n) is 3.34. The Morgan fingerprint density at radius 2 is 1.67 bits per heavy atom. The number of hydrogen-bond acceptors (Lipinski definition) is 0. The summed E-state index contributed by atoms with van der Waals surface area (Å²) in [6, 6.07) is 0. The predicted molar refractivity (Wildman–Crippen MR) is 48.5 cm³/mol. The third-order valence-electron chi connectivity index (χ3n) is 2.47. The van der Waals surface area contributed by atoms with Crippen LogP contribution in [0.1, 0.15) is 19.3 Å². The largest absolute Gasteiger partial charge is 0.113 e. The molecule has 0 aromatic carbocycles. The number of halogens is 3. The van der Waals surface area contributed by atoms with Crippen molar-refractivity contribution in [3.63, 3.8) is 0 Å². The van der Waals surface area contributed by atoms with Crippen LogP contribution in [0, 0.1) is 5.41 Å². The number of alkyl halides is 3. The molecule has 0 atom stereocenters. The molecule has 0 saturated heterocycles. The van der Waals surface area contributed by atoms with Gasteiger partial charge in [-0.1, -0.05) is 22.6 Å². The Kier molecular flexibility index (Phi) is 1.34. The molecule has 3 aliphatic carbocycles. The smallest absolute Gasteiger partial charge is 0.105 e. The Hall–Kier alpha value is 1.31. The molecule has 9 heavy (non-hydrogen) atoms. The van der Waals surface area contributed by atoms with Crippen LogP contribution in [0.5, 0.6) is 0 Å². The fraction of sp³-hybridized carbons (Fsp3) is 1.00. The van der Waals surface area contributed by atoms with Crippen molar-refractivity contribution in [2.75, 3.05) is 0 Å². The maximum absolute atomic E-state index is 5.78. The van der Waals surface area contributed by atoms with Crippen molar-refractivity contribution >= 4 is 45.8 Å². The van der Waals surface area contributed by atoms with Crippen LogP contribution in [0.15, 0.2) is 0 Å². The maximum atomic E-state index is 5.78. The number of hydrogen-bond donors (Lipinski definition) is 0. The van der Waals surface area contributed by atoms with Crippen molar-refractivity contribution < 1.29 is 0 Å². The molecule has 52 valence electrons. The van der Waals surface area contributed by atoms with Gasteiger partial charge in [0.1, 0.15) is 4.84 Å². The molecule has 3 aliphatic rings. The number of rotatable bonds is 1. The molecular weight excluding hydrogens is 270 g/mol. The first-order chi connectivity index (χ1) is 4.06. The van der Waals surface area contributed by atoms with E-state index in [2.05, 4.69) is 22.6 Å². The van der Waals surface area contributed by atoms with Crippen molar-refractivity contribution in [1.82, 2.24) is 0 Å². The third-order valence-corrected chi connectivity index (χ3v) is 4.54. The summed E-state index contributed by atoms with van der Waals surface area (Å²) in [5.74, 6) is 0. The van der Waals surface area contributed by atoms with Gasteiger partial charge in [-0.2, -0.15) is 0 Å². The van der Waals surface area contributed by atoms with E-state index >= 15 is 0 Å². The van der Waals surface area contributed by atoms with E-state index in [1.807, 2.05) is 0 Å². The highest BCUT2D eigenvalue weighted by atomic mass is 127. The molecule has 3 saturated carbocycles. The lowest BCUT2D eigenvalue weighted by Crippen LogP contribution is -2.65. The summed E-state index contributed by atoms with van der Waals surface area (Å²) in [4.78, 5) is -0.117. The first kappa shape index (κ1) is 6.99. The van der Waals surface area contributed by atoms with E-state index in [-0.39, 0.29) is 4.84 Å². The van der Waals surface area contributed by atoms with Crippen LogP contribution >= 0.6 is 45.8 Å². The Labute approximate surface area is 78.4 Å². The van der Waals surface area contributed by atoms with Gasteiger partial charge in [0, 0.05) is 8.84 Å². The molecular formula is C6H7Cl2I. The van der Waals surface area contributed by atoms with Gasteiger partial charge in [-0.3, -0.25) is 0 Å². The Bertz CT molecular complexity index is 135. The lowest BCUT2D eigenvalue weighted by atomic mass is 9.45. The van der Waals surface area contributed by atoms with Gasteiger partial charge in [-0.15, -0.1) is 23.2 Å². The fourth-order valence-corrected chi connectivity index (χ4v) is 4.71. The summed E-state index contributed by atoms with van der Waals surface area (Å²) in [5.41, 5.74) is 0.351. The van der Waals surface area contributed by atoms with Gasteiger partial charge in [0.25, 0.3) is 0 Å². The molecule has 0 aliphatic heterocycles. The van der Waals surface area contributed by atoms with Crippen LogP contribution in [0.25, 0.3) is 0 Å². The van der Waals surface area contributed by atoms with Crippen LogP contribution < -0.4 is 0 Å². The van der Waals surface area contributed by atoms with E-state index in [1.165, 1.54) is 19.3 Å². The summed E-state index contributed by atoms with van der Waals surface area (Å²) >= 11 is 14.1. The average molecular weight is 277 g/mol. The lowest BCUT2D eigenvalue weighted by molar-refractivity contribution is -0.0486. The SMILES string of the molecule is ClC(Cl)C12CC(I)(C1)C2. The van der Waals surface area contributed by atoms with Gasteiger partial charge >= 0.3 is 0 Å². The zero-order valence-electron chi connectivity index (χ0n) is 4.83. The first-order valence-corrected chi connectivity index (χ1v) is 4.99. The zero-order chi connectivity index (χ0) is 6.70. The zero-order valence-corrected chi connectivity index (χ0v) is 8.50. The molecule has 0 heterocycles. The topological polar surface area (TPSA) is 0 Å². The Morgan fingerprint density at radius 1 is 1.22 bits per heavy atom. The minimum absolute atomic E-state index is 0.117. The third kappa shape index (κ3) is 0.777. The standard InChI is InChI=1S/C6H7Cl2I/c7-4(8)5-1-6(9,2-5)3-5/h4H,1-3H2. The van der Waals surface area contributed by atoms with Gasteiger partial charge in [-0.05, 0) is 19.3 Å². The van der Waals surface area contributed by atoms with Gasteiger partial charge in [0.15, 0.2) is 0 Å². The maximum Gasteiger partial charge on any atom is 0.113 e. The summed E-state index contributed by atoms with van der Waals surface area (Å²) in [6.07, 6.45) is 3.74. The van der Waals surface area contributed by atoms with Crippen LogP contribution in [0.2, 0.25) is 0 Å². The highest BCUT2D eigenvalue weighted by Crippen LogP contribution is 2.74. The van der Waals surface area contributed by atoms with Gasteiger partial charge < -0.3 is 0 Å². The Morgan fingerprint density at radius 3 is 1.78 bits per heavy atom. The van der Waals surface area contributed by atoms with Crippen LogP contribution in [0.4, 0.5) is 0 Å². The Balaban J connectivity index is 2.04. The highest BCUT2D eigenvalue weighted by Gasteiger charge is 2.68. The molecule has 2 bridgehead atoms. The van der Waals surface area contributed by atoms with Crippen molar-refractivity contribution in [3.8, 4) is 0 Å². The fourth-order valence-electron chi connectivity index (χ4n) is 1.97. The van der Waals surface area contributed by atoms with Crippen LogP contribution in [0.3, 0.4) is 0 Å². The summed E-state index contributed by atoms with van der Waals surface area (Å²) in [6.45, 7) is 0. The van der Waals surface area contributed by atoms with E-state index in [0.29, 0.717) is 8.84 Å². The molecule has 0 spiro atoms. The summed E-state index contributed by atoms with van der Waals surface area (Å²) in [5, 5.41) is 0. The summed E-state index contributed by atoms with van der Waals surface area (Å²) < 4.78 is 0.611.